The van der Waals surface area contributed by atoms with E-state index in [0.29, 0.717) is 79.1 Å². The van der Waals surface area contributed by atoms with Crippen molar-refractivity contribution >= 4 is 129 Å². The van der Waals surface area contributed by atoms with Gasteiger partial charge < -0.3 is 57.9 Å². The Morgan fingerprint density at radius 2 is 0.958 bits per heavy atom. The van der Waals surface area contributed by atoms with Crippen LogP contribution in [0.25, 0.3) is 11.4 Å². The Labute approximate surface area is 743 Å². The van der Waals surface area contributed by atoms with E-state index in [-0.39, 0.29) is 124 Å². The molecule has 12 rings (SSSR count). The van der Waals surface area contributed by atoms with Crippen LogP contribution in [0, 0.1) is 40.1 Å². The zero-order chi connectivity index (χ0) is 84.1. The molecule has 0 aliphatic rings. The number of rotatable bonds is 20. The summed E-state index contributed by atoms with van der Waals surface area (Å²) < 4.78 is 13.6. The van der Waals surface area contributed by atoms with Crippen LogP contribution >= 0.6 is 58.8 Å². The molecule has 119 heavy (non-hydrogen) atoms. The number of ketones is 1. The van der Waals surface area contributed by atoms with Gasteiger partial charge in [0.25, 0.3) is 11.4 Å². The van der Waals surface area contributed by atoms with E-state index in [4.69, 9.17) is 61.6 Å². The van der Waals surface area contributed by atoms with Gasteiger partial charge in [0.2, 0.25) is 0 Å². The van der Waals surface area contributed by atoms with Crippen LogP contribution in [0.3, 0.4) is 0 Å². The van der Waals surface area contributed by atoms with Crippen molar-refractivity contribution in [2.45, 2.75) is 118 Å². The molecule has 0 radical (unpaired) electrons. The summed E-state index contributed by atoms with van der Waals surface area (Å²) in [6.07, 6.45) is -1.54. The fraction of sp³-hybridized carbons (Fsp3) is 0.202. The number of Topliss-reactive ketones (excluding diaryl/α,β-unsaturated/α-hetero) is 1. The number of aromatic carboxylic acids is 1. The first-order valence-corrected chi connectivity index (χ1v) is 37.1. The molecule has 1 amide bonds. The first-order chi connectivity index (χ1) is 54.6. The van der Waals surface area contributed by atoms with E-state index in [1.54, 1.807) is 111 Å². The zero-order valence-corrected chi connectivity index (χ0v) is 72.3. The van der Waals surface area contributed by atoms with Gasteiger partial charge in [0, 0.05) is 42.1 Å². The number of ether oxygens (including phenoxy) is 2. The Kier molecular flexibility index (Phi) is 42.8. The average molecular weight is 1790 g/mol. The van der Waals surface area contributed by atoms with Gasteiger partial charge in [-0.1, -0.05) is 193 Å². The topological polar surface area (TPSA) is 345 Å². The molecule has 23 nitrogen and oxygen atoms in total. The predicted octanol–water partition coefficient (Wildman–Crippen LogP) is 17.1. The van der Waals surface area contributed by atoms with Gasteiger partial charge in [-0.2, -0.15) is 46.6 Å². The van der Waals surface area contributed by atoms with Gasteiger partial charge in [-0.05, 0) is 185 Å². The van der Waals surface area contributed by atoms with E-state index in [1.165, 1.54) is 35.0 Å². The Hall–Kier alpha value is -10.7. The van der Waals surface area contributed by atoms with E-state index >= 15 is 0 Å². The number of benzene rings is 10. The number of nitro benzene ring substituents is 2. The average Bonchev–Trinajstić information content (AvgIpc) is 1.76. The fourth-order valence-electron chi connectivity index (χ4n) is 10.8. The fourth-order valence-corrected chi connectivity index (χ4v) is 11.5. The molecule has 0 aliphatic heterocycles. The number of carbonyl (C=O) groups is 5. The summed E-state index contributed by atoms with van der Waals surface area (Å²) in [5.74, 6) is -1.45. The number of aromatic nitrogens is 4. The number of aliphatic hydroxyl groups excluding tert-OH is 3. The molecule has 0 fully saturated rings. The SMILES string of the molecule is C.Cc1cc(C(=O)Cc2cc(C(O)c3ccccc3)ccc2Cl)n(-c2cccc(CNC(=O)OC(C)(C)C)c2)n1.Cc1cc(C(=O)O)n(-c2cccc(CCC(=O)OC(C)(C)C)c2)n1.Cl.Nc1cc(C(O)c2ccccc2)ccc1Cl.O=Cc1ccc(Cl)c([N+](=O)[O-])c1.O=[N+]([O-])c1cc(C(O)c2ccccc2)ccc1Cl.[Br-].[Mg+2].[c-]1ccccc1. The van der Waals surface area contributed by atoms with Crippen molar-refractivity contribution < 1.29 is 80.7 Å². The van der Waals surface area contributed by atoms with E-state index in [0.717, 1.165) is 33.9 Å². The maximum atomic E-state index is 13.5. The second kappa shape index (κ2) is 49.7. The van der Waals surface area contributed by atoms with Crippen LogP contribution in [-0.2, 0) is 33.7 Å². The maximum Gasteiger partial charge on any atom is 2.00 e. The number of amides is 1. The van der Waals surface area contributed by atoms with E-state index in [1.807, 2.05) is 167 Å². The van der Waals surface area contributed by atoms with Crippen molar-refractivity contribution in [3.05, 3.63) is 380 Å². The first-order valence-electron chi connectivity index (χ1n) is 35.6. The second-order valence-corrected chi connectivity index (χ2v) is 29.2. The molecule has 0 saturated carbocycles. The molecule has 0 spiro atoms. The molecule has 0 saturated heterocycles. The molecule has 2 heterocycles. The molecule has 3 atom stereocenters. The summed E-state index contributed by atoms with van der Waals surface area (Å²) in [5, 5.41) is 74.0. The molecule has 7 N–H and O–H groups in total. The van der Waals surface area contributed by atoms with Gasteiger partial charge >= 0.3 is 41.1 Å². The van der Waals surface area contributed by atoms with Gasteiger partial charge in [0.05, 0.1) is 43.3 Å². The number of carboxylic acids is 1. The van der Waals surface area contributed by atoms with Crippen LogP contribution in [0.4, 0.5) is 21.9 Å². The Balaban J connectivity index is 0.000000395. The minimum atomic E-state index is -1.03. The maximum absolute atomic E-state index is 13.5. The van der Waals surface area contributed by atoms with Crippen molar-refractivity contribution in [1.29, 1.82) is 0 Å². The summed E-state index contributed by atoms with van der Waals surface area (Å²) in [4.78, 5) is 78.8. The molecule has 0 bridgehead atoms. The molecular weight excluding hydrogens is 1700 g/mol. The number of halogens is 6. The number of alkyl carbamates (subject to hydrolysis) is 1. The van der Waals surface area contributed by atoms with Crippen molar-refractivity contribution in [1.82, 2.24) is 24.9 Å². The third-order valence-electron chi connectivity index (χ3n) is 16.2. The van der Waals surface area contributed by atoms with Crippen LogP contribution in [0.5, 0.6) is 0 Å². The molecule has 3 unspecified atom stereocenters. The van der Waals surface area contributed by atoms with Gasteiger partial charge in [-0.3, -0.25) is 34.6 Å². The summed E-state index contributed by atoms with van der Waals surface area (Å²) in [5.41, 5.74) is 14.5. The number of nitro groups is 2. The normalized spacial score (nSPS) is 11.1. The minimum absolute atomic E-state index is 0. The molecule has 2 aromatic heterocycles. The number of carboxylic acid groups (broad SMARTS) is 1. The Morgan fingerprint density at radius 3 is 1.40 bits per heavy atom. The number of aldehydes is 1. The number of nitrogen functional groups attached to an aromatic ring is 1. The summed E-state index contributed by atoms with van der Waals surface area (Å²) in [6, 6.07) is 76.8. The Bertz CT molecular complexity index is 5270. The molecule has 10 aromatic carbocycles. The van der Waals surface area contributed by atoms with Gasteiger partial charge in [0.15, 0.2) is 11.5 Å². The number of nitrogens with zero attached hydrogens (tertiary/aromatic N) is 6. The predicted molar refractivity (Wildman–Crippen MR) is 464 cm³/mol. The second-order valence-electron chi connectivity index (χ2n) is 27.6. The molecule has 12 aromatic rings. The number of anilines is 1. The minimum Gasteiger partial charge on any atom is -1.00 e. The van der Waals surface area contributed by atoms with Crippen LogP contribution in [0.2, 0.25) is 20.1 Å². The van der Waals surface area contributed by atoms with Crippen molar-refractivity contribution in [2.75, 3.05) is 5.73 Å². The largest absolute Gasteiger partial charge is 2.00 e. The third-order valence-corrected chi connectivity index (χ3v) is 17.5. The molecule has 30 heteroatoms. The number of nitrogens with two attached hydrogens (primary N) is 1. The summed E-state index contributed by atoms with van der Waals surface area (Å²) in [6.45, 7) is 14.7. The molecule has 0 aliphatic carbocycles. The number of carbonyl (C=O) groups excluding carboxylic acids is 4. The molecule has 620 valence electrons. The molecular formula is C89H90BrCl5MgN8O15. The van der Waals surface area contributed by atoms with Crippen LogP contribution < -0.4 is 28.0 Å². The number of nitrogens with one attached hydrogen (secondary N) is 1. The number of hydrogen-bond acceptors (Lipinski definition) is 17. The van der Waals surface area contributed by atoms with E-state index < -0.39 is 51.4 Å². The van der Waals surface area contributed by atoms with Crippen LogP contribution in [0.1, 0.15) is 166 Å². The standard InChI is InChI=1S/C31H32ClN3O4.C18H22N2O4.C13H10ClNO3.C13H12ClNO.C7H4ClNO3.C6H5.CH4.BrH.ClH.Mg/c1-20-15-27(35(34-20)25-12-8-9-21(16-25)19-33-30(38)39-31(2,3)4)28(36)18-24-17-23(13-14-26(24)32)29(37)22-10-6-5-7-11-22;1-12-10-15(17(22)23)20(19-12)14-7-5-6-13(11-14)8-9-16(21)24-18(2,3)4;14-11-7-6-10(8-12(11)15(17)18)13(16)9-4-2-1-3-5-9;14-11-7-6-10(8-12(11)15)13(16)9-4-2-1-3-5-9;8-6-2-1-5(4-10)3-7(6)9(11)12;1-2-4-6-5-3-1;;;;/h5-17,29,37H,18-19H2,1-4H3,(H,33,38);5-7,10-11H,8-9H2,1-4H3,(H,22,23);1-8,13,16H;1-8,13,16H,15H2;1-4H;1-5H;1H4;2*1H;/q;;;;;-1;;;;+2/p-1. The number of hydrogen-bond donors (Lipinski definition) is 6. The summed E-state index contributed by atoms with van der Waals surface area (Å²) in [7, 11) is 0. The third kappa shape index (κ3) is 33.2. The number of esters is 1. The van der Waals surface area contributed by atoms with Crippen molar-refractivity contribution in [3.8, 4) is 11.4 Å². The Morgan fingerprint density at radius 1 is 0.538 bits per heavy atom. The van der Waals surface area contributed by atoms with Gasteiger partial charge in [0.1, 0.15) is 51.5 Å². The van der Waals surface area contributed by atoms with Crippen molar-refractivity contribution in [2.24, 2.45) is 0 Å². The number of aliphatic hydroxyl groups is 3. The van der Waals surface area contributed by atoms with E-state index in [2.05, 4.69) is 21.6 Å². The monoisotopic (exact) mass is 1790 g/mol. The number of aryl methyl sites for hydroxylation is 3. The van der Waals surface area contributed by atoms with Gasteiger partial charge in [-0.25, -0.2) is 19.0 Å². The van der Waals surface area contributed by atoms with Crippen LogP contribution in [-0.4, -0.2) is 114 Å². The summed E-state index contributed by atoms with van der Waals surface area (Å²) >= 11 is 23.5. The van der Waals surface area contributed by atoms with Crippen LogP contribution in [0.15, 0.2) is 255 Å². The van der Waals surface area contributed by atoms with Gasteiger partial charge in [-0.15, -0.1) is 12.4 Å². The smallest absolute Gasteiger partial charge is 1.00 e. The quantitative estimate of drug-likeness (QED) is 0.00603. The van der Waals surface area contributed by atoms with E-state index in [9.17, 15) is 64.6 Å². The first kappa shape index (κ1) is 103. The van der Waals surface area contributed by atoms with Crippen molar-refractivity contribution in [3.63, 3.8) is 0 Å². The zero-order valence-electron chi connectivity index (χ0n) is 65.4.